The number of rotatable bonds is 4. The SMILES string of the molecule is Cc1ccc(OC[C@@H]2C[C@H]2C(=O)O)cn1. The topological polar surface area (TPSA) is 59.4 Å². The van der Waals surface area contributed by atoms with Crippen LogP contribution < -0.4 is 4.74 Å². The van der Waals surface area contributed by atoms with Crippen LogP contribution >= 0.6 is 0 Å². The number of aromatic nitrogens is 1. The summed E-state index contributed by atoms with van der Waals surface area (Å²) in [5.41, 5.74) is 0.942. The lowest BCUT2D eigenvalue weighted by molar-refractivity contribution is -0.138. The zero-order chi connectivity index (χ0) is 10.8. The van der Waals surface area contributed by atoms with E-state index in [1.807, 2.05) is 19.1 Å². The molecule has 4 heteroatoms. The van der Waals surface area contributed by atoms with E-state index in [4.69, 9.17) is 9.84 Å². The van der Waals surface area contributed by atoms with Crippen molar-refractivity contribution in [3.8, 4) is 5.75 Å². The number of ether oxygens (including phenoxy) is 1. The third-order valence-corrected chi connectivity index (χ3v) is 2.59. The van der Waals surface area contributed by atoms with Gasteiger partial charge in [-0.1, -0.05) is 0 Å². The molecule has 4 nitrogen and oxygen atoms in total. The summed E-state index contributed by atoms with van der Waals surface area (Å²) >= 11 is 0. The molecule has 1 heterocycles. The lowest BCUT2D eigenvalue weighted by Gasteiger charge is -2.04. The first-order valence-corrected chi connectivity index (χ1v) is 4.95. The van der Waals surface area contributed by atoms with Gasteiger partial charge in [-0.05, 0) is 25.5 Å². The fourth-order valence-electron chi connectivity index (χ4n) is 1.48. The number of aliphatic carboxylic acids is 1. The van der Waals surface area contributed by atoms with Crippen LogP contribution in [-0.2, 0) is 4.79 Å². The van der Waals surface area contributed by atoms with Crippen LogP contribution in [0.3, 0.4) is 0 Å². The molecule has 1 aliphatic carbocycles. The second kappa shape index (κ2) is 3.88. The van der Waals surface area contributed by atoms with Crippen molar-refractivity contribution >= 4 is 5.97 Å². The Morgan fingerprint density at radius 2 is 2.47 bits per heavy atom. The summed E-state index contributed by atoms with van der Waals surface area (Å²) in [6, 6.07) is 3.72. The first kappa shape index (κ1) is 9.96. The first-order chi connectivity index (χ1) is 7.16. The molecule has 1 aliphatic rings. The molecule has 1 saturated carbocycles. The second-order valence-electron chi connectivity index (χ2n) is 3.89. The Labute approximate surface area is 87.9 Å². The lowest BCUT2D eigenvalue weighted by Crippen LogP contribution is -2.06. The Hall–Kier alpha value is -1.58. The Morgan fingerprint density at radius 3 is 3.00 bits per heavy atom. The third-order valence-electron chi connectivity index (χ3n) is 2.59. The van der Waals surface area contributed by atoms with Gasteiger partial charge in [0.15, 0.2) is 0 Å². The summed E-state index contributed by atoms with van der Waals surface area (Å²) in [4.78, 5) is 14.7. The quantitative estimate of drug-likeness (QED) is 0.812. The molecule has 0 bridgehead atoms. The summed E-state index contributed by atoms with van der Waals surface area (Å²) in [5.74, 6) is -0.0468. The average Bonchev–Trinajstić information content (AvgIpc) is 2.96. The molecule has 2 atom stereocenters. The minimum Gasteiger partial charge on any atom is -0.492 e. The van der Waals surface area contributed by atoms with Gasteiger partial charge >= 0.3 is 5.97 Å². The summed E-state index contributed by atoms with van der Waals surface area (Å²) in [6.45, 7) is 2.38. The zero-order valence-electron chi connectivity index (χ0n) is 8.51. The van der Waals surface area contributed by atoms with Crippen LogP contribution in [0.1, 0.15) is 12.1 Å². The molecule has 0 unspecified atom stereocenters. The zero-order valence-corrected chi connectivity index (χ0v) is 8.51. The molecular weight excluding hydrogens is 194 g/mol. The van der Waals surface area contributed by atoms with Gasteiger partial charge in [0.2, 0.25) is 0 Å². The number of nitrogens with zero attached hydrogens (tertiary/aromatic N) is 1. The van der Waals surface area contributed by atoms with Crippen molar-refractivity contribution in [1.82, 2.24) is 4.98 Å². The normalized spacial score (nSPS) is 23.5. The highest BCUT2D eigenvalue weighted by Crippen LogP contribution is 2.38. The molecule has 0 saturated heterocycles. The maximum Gasteiger partial charge on any atom is 0.306 e. The number of pyridine rings is 1. The molecule has 1 aromatic heterocycles. The Kier molecular flexibility index (Phi) is 2.58. The molecule has 1 aromatic rings. The van der Waals surface area contributed by atoms with Crippen LogP contribution in [0, 0.1) is 18.8 Å². The fourth-order valence-corrected chi connectivity index (χ4v) is 1.48. The van der Waals surface area contributed by atoms with E-state index in [2.05, 4.69) is 4.98 Å². The standard InChI is InChI=1S/C11H13NO3/c1-7-2-3-9(5-12-7)15-6-8-4-10(8)11(13)14/h2-3,5,8,10H,4,6H2,1H3,(H,13,14)/t8-,10+/m0/s1. The number of hydrogen-bond donors (Lipinski definition) is 1. The summed E-state index contributed by atoms with van der Waals surface area (Å²) in [7, 11) is 0. The smallest absolute Gasteiger partial charge is 0.306 e. The molecule has 1 N–H and O–H groups in total. The highest BCUT2D eigenvalue weighted by Gasteiger charge is 2.43. The highest BCUT2D eigenvalue weighted by molar-refractivity contribution is 5.73. The number of carboxylic acid groups (broad SMARTS) is 1. The minimum absolute atomic E-state index is 0.170. The molecule has 0 radical (unpaired) electrons. The van der Waals surface area contributed by atoms with Crippen molar-refractivity contribution in [2.24, 2.45) is 11.8 Å². The van der Waals surface area contributed by atoms with Crippen LogP contribution in [0.15, 0.2) is 18.3 Å². The maximum absolute atomic E-state index is 10.6. The van der Waals surface area contributed by atoms with E-state index in [1.165, 1.54) is 0 Å². The highest BCUT2D eigenvalue weighted by atomic mass is 16.5. The molecule has 0 spiro atoms. The molecule has 15 heavy (non-hydrogen) atoms. The van der Waals surface area contributed by atoms with Crippen LogP contribution in [-0.4, -0.2) is 22.7 Å². The largest absolute Gasteiger partial charge is 0.492 e. The van der Waals surface area contributed by atoms with Gasteiger partial charge in [-0.3, -0.25) is 9.78 Å². The average molecular weight is 207 g/mol. The number of carbonyl (C=O) groups is 1. The molecule has 0 amide bonds. The van der Waals surface area contributed by atoms with Gasteiger partial charge in [0, 0.05) is 11.6 Å². The predicted molar refractivity (Wildman–Crippen MR) is 53.7 cm³/mol. The van der Waals surface area contributed by atoms with Crippen molar-refractivity contribution in [3.05, 3.63) is 24.0 Å². The molecule has 80 valence electrons. The molecule has 0 aliphatic heterocycles. The number of aryl methyl sites for hydroxylation is 1. The van der Waals surface area contributed by atoms with Gasteiger partial charge in [0.05, 0.1) is 18.7 Å². The molecule has 1 fully saturated rings. The first-order valence-electron chi connectivity index (χ1n) is 4.95. The molecule has 0 aromatic carbocycles. The van der Waals surface area contributed by atoms with Gasteiger partial charge in [-0.15, -0.1) is 0 Å². The second-order valence-corrected chi connectivity index (χ2v) is 3.89. The van der Waals surface area contributed by atoms with Crippen LogP contribution in [0.25, 0.3) is 0 Å². The summed E-state index contributed by atoms with van der Waals surface area (Å²) < 4.78 is 5.44. The van der Waals surface area contributed by atoms with Crippen molar-refractivity contribution < 1.29 is 14.6 Å². The lowest BCUT2D eigenvalue weighted by atomic mass is 10.3. The van der Waals surface area contributed by atoms with E-state index in [1.54, 1.807) is 6.20 Å². The van der Waals surface area contributed by atoms with Crippen molar-refractivity contribution in [2.45, 2.75) is 13.3 Å². The van der Waals surface area contributed by atoms with Crippen molar-refractivity contribution in [1.29, 1.82) is 0 Å². The van der Waals surface area contributed by atoms with E-state index < -0.39 is 5.97 Å². The van der Waals surface area contributed by atoms with E-state index in [-0.39, 0.29) is 11.8 Å². The van der Waals surface area contributed by atoms with E-state index in [9.17, 15) is 4.79 Å². The number of carboxylic acids is 1. The van der Waals surface area contributed by atoms with Gasteiger partial charge < -0.3 is 9.84 Å². The third kappa shape index (κ3) is 2.46. The monoisotopic (exact) mass is 207 g/mol. The van der Waals surface area contributed by atoms with Gasteiger partial charge in [0.25, 0.3) is 0 Å². The van der Waals surface area contributed by atoms with E-state index in [0.29, 0.717) is 12.4 Å². The van der Waals surface area contributed by atoms with Crippen LogP contribution in [0.4, 0.5) is 0 Å². The van der Waals surface area contributed by atoms with E-state index in [0.717, 1.165) is 12.1 Å². The minimum atomic E-state index is -0.717. The van der Waals surface area contributed by atoms with Gasteiger partial charge in [-0.25, -0.2) is 0 Å². The summed E-state index contributed by atoms with van der Waals surface area (Å²) in [6.07, 6.45) is 2.39. The summed E-state index contributed by atoms with van der Waals surface area (Å²) in [5, 5.41) is 8.69. The Balaban J connectivity index is 1.80. The molecule has 2 rings (SSSR count). The van der Waals surface area contributed by atoms with Crippen molar-refractivity contribution in [3.63, 3.8) is 0 Å². The fraction of sp³-hybridized carbons (Fsp3) is 0.455. The van der Waals surface area contributed by atoms with Crippen molar-refractivity contribution in [2.75, 3.05) is 6.61 Å². The maximum atomic E-state index is 10.6. The van der Waals surface area contributed by atoms with E-state index >= 15 is 0 Å². The van der Waals surface area contributed by atoms with Crippen LogP contribution in [0.2, 0.25) is 0 Å². The Morgan fingerprint density at radius 1 is 1.67 bits per heavy atom. The molecular formula is C11H13NO3. The van der Waals surface area contributed by atoms with Crippen LogP contribution in [0.5, 0.6) is 5.75 Å². The van der Waals surface area contributed by atoms with Gasteiger partial charge in [0.1, 0.15) is 5.75 Å². The predicted octanol–water partition coefficient (Wildman–Crippen LogP) is 1.49. The Bertz CT molecular complexity index is 361. The number of hydrogen-bond acceptors (Lipinski definition) is 3. The van der Waals surface area contributed by atoms with Gasteiger partial charge in [-0.2, -0.15) is 0 Å².